The molecule has 0 unspecified atom stereocenters. The fourth-order valence-corrected chi connectivity index (χ4v) is 1.99. The predicted molar refractivity (Wildman–Crippen MR) is 58.5 cm³/mol. The van der Waals surface area contributed by atoms with Crippen LogP contribution < -0.4 is 0 Å². The van der Waals surface area contributed by atoms with E-state index in [0.29, 0.717) is 18.1 Å². The smallest absolute Gasteiger partial charge is 0.222 e. The van der Waals surface area contributed by atoms with E-state index >= 15 is 0 Å². The maximum absolute atomic E-state index is 11.6. The van der Waals surface area contributed by atoms with Gasteiger partial charge in [0.05, 0.1) is 0 Å². The van der Waals surface area contributed by atoms with Gasteiger partial charge in [-0.15, -0.1) is 0 Å². The molecule has 1 aromatic rings. The molecule has 4 heteroatoms. The Kier molecular flexibility index (Phi) is 3.21. The van der Waals surface area contributed by atoms with Gasteiger partial charge in [-0.3, -0.25) is 4.79 Å². The van der Waals surface area contributed by atoms with Crippen molar-refractivity contribution in [3.8, 4) is 0 Å². The number of piperidine rings is 1. The topological polar surface area (TPSA) is 33.2 Å². The van der Waals surface area contributed by atoms with E-state index in [1.807, 2.05) is 17.0 Å². The molecule has 1 aliphatic heterocycles. The first-order chi connectivity index (χ1) is 7.25. The zero-order chi connectivity index (χ0) is 10.7. The molecule has 0 radical (unpaired) electrons. The third-order valence-electron chi connectivity index (χ3n) is 2.59. The van der Waals surface area contributed by atoms with Gasteiger partial charge in [0.25, 0.3) is 0 Å². The standard InChI is InChI=1S/C11H13ClN2O/c12-10-7-9(4-5-13-10)8-14-6-2-1-3-11(14)15/h4-5,7H,1-3,6,8H2. The van der Waals surface area contributed by atoms with Crippen molar-refractivity contribution in [2.75, 3.05) is 6.54 Å². The molecule has 0 spiro atoms. The molecule has 0 bridgehead atoms. The van der Waals surface area contributed by atoms with E-state index in [4.69, 9.17) is 11.6 Å². The van der Waals surface area contributed by atoms with Crippen LogP contribution in [0.1, 0.15) is 24.8 Å². The van der Waals surface area contributed by atoms with E-state index < -0.39 is 0 Å². The van der Waals surface area contributed by atoms with Crippen LogP contribution in [0.2, 0.25) is 5.15 Å². The van der Waals surface area contributed by atoms with Gasteiger partial charge in [-0.25, -0.2) is 4.98 Å². The summed E-state index contributed by atoms with van der Waals surface area (Å²) in [5.41, 5.74) is 1.05. The minimum Gasteiger partial charge on any atom is -0.338 e. The quantitative estimate of drug-likeness (QED) is 0.722. The average Bonchev–Trinajstić information content (AvgIpc) is 2.22. The number of halogens is 1. The number of rotatable bonds is 2. The van der Waals surface area contributed by atoms with E-state index in [1.165, 1.54) is 0 Å². The van der Waals surface area contributed by atoms with Crippen LogP contribution in [-0.4, -0.2) is 22.3 Å². The number of pyridine rings is 1. The predicted octanol–water partition coefficient (Wildman–Crippen LogP) is 2.25. The van der Waals surface area contributed by atoms with Crippen molar-refractivity contribution >= 4 is 17.5 Å². The third-order valence-corrected chi connectivity index (χ3v) is 2.79. The Balaban J connectivity index is 2.04. The summed E-state index contributed by atoms with van der Waals surface area (Å²) < 4.78 is 0. The van der Waals surface area contributed by atoms with Gasteiger partial charge < -0.3 is 4.90 Å². The summed E-state index contributed by atoms with van der Waals surface area (Å²) in [6, 6.07) is 3.71. The molecule has 0 aromatic carbocycles. The second-order valence-corrected chi connectivity index (χ2v) is 4.15. The van der Waals surface area contributed by atoms with Crippen LogP contribution in [0.4, 0.5) is 0 Å². The zero-order valence-corrected chi connectivity index (χ0v) is 9.20. The lowest BCUT2D eigenvalue weighted by Crippen LogP contribution is -2.34. The van der Waals surface area contributed by atoms with Gasteiger partial charge in [0.1, 0.15) is 5.15 Å². The molecule has 80 valence electrons. The highest BCUT2D eigenvalue weighted by molar-refractivity contribution is 6.29. The number of aromatic nitrogens is 1. The Morgan fingerprint density at radius 2 is 2.33 bits per heavy atom. The first-order valence-electron chi connectivity index (χ1n) is 5.14. The van der Waals surface area contributed by atoms with E-state index in [9.17, 15) is 4.79 Å². The molecule has 0 atom stereocenters. The minimum atomic E-state index is 0.245. The van der Waals surface area contributed by atoms with E-state index in [1.54, 1.807) is 6.20 Å². The molecule has 0 aliphatic carbocycles. The molecule has 3 nitrogen and oxygen atoms in total. The fourth-order valence-electron chi connectivity index (χ4n) is 1.79. The summed E-state index contributed by atoms with van der Waals surface area (Å²) in [5.74, 6) is 0.245. The third kappa shape index (κ3) is 2.69. The normalized spacial score (nSPS) is 16.9. The average molecular weight is 225 g/mol. The van der Waals surface area contributed by atoms with Crippen molar-refractivity contribution in [2.45, 2.75) is 25.8 Å². The number of hydrogen-bond donors (Lipinski definition) is 0. The molecule has 0 N–H and O–H groups in total. The Bertz CT molecular complexity index is 367. The maximum atomic E-state index is 11.6. The highest BCUT2D eigenvalue weighted by Crippen LogP contribution is 2.15. The Morgan fingerprint density at radius 1 is 1.47 bits per heavy atom. The van der Waals surface area contributed by atoms with Crippen LogP contribution in [0.5, 0.6) is 0 Å². The summed E-state index contributed by atoms with van der Waals surface area (Å²) in [7, 11) is 0. The van der Waals surface area contributed by atoms with E-state index in [0.717, 1.165) is 24.9 Å². The summed E-state index contributed by atoms with van der Waals surface area (Å²) in [6.07, 6.45) is 4.47. The second-order valence-electron chi connectivity index (χ2n) is 3.76. The molecule has 1 amide bonds. The van der Waals surface area contributed by atoms with Gasteiger partial charge in [-0.2, -0.15) is 0 Å². The van der Waals surface area contributed by atoms with Crippen LogP contribution >= 0.6 is 11.6 Å². The second kappa shape index (κ2) is 4.62. The van der Waals surface area contributed by atoms with Crippen LogP contribution in [0.15, 0.2) is 18.3 Å². The number of hydrogen-bond acceptors (Lipinski definition) is 2. The Morgan fingerprint density at radius 3 is 3.07 bits per heavy atom. The van der Waals surface area contributed by atoms with Gasteiger partial charge in [-0.1, -0.05) is 11.6 Å². The zero-order valence-electron chi connectivity index (χ0n) is 8.45. The van der Waals surface area contributed by atoms with Crippen LogP contribution in [0.25, 0.3) is 0 Å². The van der Waals surface area contributed by atoms with Gasteiger partial charge >= 0.3 is 0 Å². The SMILES string of the molecule is O=C1CCCCN1Cc1ccnc(Cl)c1. The first kappa shape index (κ1) is 10.4. The number of likely N-dealkylation sites (tertiary alicyclic amines) is 1. The molecule has 1 aliphatic rings. The van der Waals surface area contributed by atoms with Crippen molar-refractivity contribution in [3.63, 3.8) is 0 Å². The highest BCUT2D eigenvalue weighted by Gasteiger charge is 2.17. The first-order valence-corrected chi connectivity index (χ1v) is 5.52. The number of carbonyl (C=O) groups excluding carboxylic acids is 1. The molecule has 1 saturated heterocycles. The van der Waals surface area contributed by atoms with Crippen LogP contribution in [0.3, 0.4) is 0 Å². The van der Waals surface area contributed by atoms with Gasteiger partial charge in [0.15, 0.2) is 0 Å². The minimum absolute atomic E-state index is 0.245. The van der Waals surface area contributed by atoms with Gasteiger partial charge in [0.2, 0.25) is 5.91 Å². The van der Waals surface area contributed by atoms with Crippen molar-refractivity contribution in [2.24, 2.45) is 0 Å². The van der Waals surface area contributed by atoms with Crippen molar-refractivity contribution in [1.82, 2.24) is 9.88 Å². The highest BCUT2D eigenvalue weighted by atomic mass is 35.5. The summed E-state index contributed by atoms with van der Waals surface area (Å²) in [6.45, 7) is 1.51. The monoisotopic (exact) mass is 224 g/mol. The largest absolute Gasteiger partial charge is 0.338 e. The lowest BCUT2D eigenvalue weighted by molar-refractivity contribution is -0.133. The summed E-state index contributed by atoms with van der Waals surface area (Å²) >= 11 is 5.78. The molecular weight excluding hydrogens is 212 g/mol. The number of nitrogens with zero attached hydrogens (tertiary/aromatic N) is 2. The van der Waals surface area contributed by atoms with E-state index in [-0.39, 0.29) is 5.91 Å². The molecular formula is C11H13ClN2O. The lowest BCUT2D eigenvalue weighted by Gasteiger charge is -2.26. The Hall–Kier alpha value is -1.09. The van der Waals surface area contributed by atoms with Crippen LogP contribution in [0, 0.1) is 0 Å². The molecule has 15 heavy (non-hydrogen) atoms. The fraction of sp³-hybridized carbons (Fsp3) is 0.455. The molecule has 2 rings (SSSR count). The van der Waals surface area contributed by atoms with Gasteiger partial charge in [-0.05, 0) is 30.5 Å². The number of carbonyl (C=O) groups is 1. The molecule has 1 fully saturated rings. The van der Waals surface area contributed by atoms with Crippen LogP contribution in [-0.2, 0) is 11.3 Å². The molecule has 0 saturated carbocycles. The summed E-state index contributed by atoms with van der Waals surface area (Å²) in [5, 5.41) is 0.483. The van der Waals surface area contributed by atoms with Crippen molar-refractivity contribution < 1.29 is 4.79 Å². The Labute approximate surface area is 94.1 Å². The van der Waals surface area contributed by atoms with E-state index in [2.05, 4.69) is 4.98 Å². The van der Waals surface area contributed by atoms with Crippen molar-refractivity contribution in [1.29, 1.82) is 0 Å². The summed E-state index contributed by atoms with van der Waals surface area (Å²) in [4.78, 5) is 17.4. The van der Waals surface area contributed by atoms with Gasteiger partial charge in [0, 0.05) is 25.7 Å². The van der Waals surface area contributed by atoms with Crippen molar-refractivity contribution in [3.05, 3.63) is 29.0 Å². The maximum Gasteiger partial charge on any atom is 0.222 e. The number of amides is 1. The molecule has 2 heterocycles. The lowest BCUT2D eigenvalue weighted by atomic mass is 10.1. The molecule has 1 aromatic heterocycles.